The van der Waals surface area contributed by atoms with Gasteiger partial charge in [0.2, 0.25) is 0 Å². The van der Waals surface area contributed by atoms with Gasteiger partial charge in [0.25, 0.3) is 0 Å². The van der Waals surface area contributed by atoms with Crippen LogP contribution in [0, 0.1) is 0 Å². The summed E-state index contributed by atoms with van der Waals surface area (Å²) in [5, 5.41) is 0.631. The van der Waals surface area contributed by atoms with Crippen molar-refractivity contribution in [3.8, 4) is 0 Å². The lowest BCUT2D eigenvalue weighted by atomic mass is 10.1. The van der Waals surface area contributed by atoms with Crippen LogP contribution in [0.3, 0.4) is 0 Å². The Morgan fingerprint density at radius 2 is 1.88 bits per heavy atom. The first-order valence-corrected chi connectivity index (χ1v) is 5.31. The zero-order valence-electron chi connectivity index (χ0n) is 9.20. The van der Waals surface area contributed by atoms with E-state index in [2.05, 4.69) is 0 Å². The summed E-state index contributed by atoms with van der Waals surface area (Å²) in [5.41, 5.74) is 0.848. The molecule has 4 heteroatoms. The number of esters is 1. The van der Waals surface area contributed by atoms with Gasteiger partial charge in [-0.05, 0) is 31.5 Å². The number of carbonyl (C=O) groups excluding carboxylic acids is 2. The van der Waals surface area contributed by atoms with E-state index in [0.29, 0.717) is 5.02 Å². The second-order valence-corrected chi connectivity index (χ2v) is 4.00. The fourth-order valence-corrected chi connectivity index (χ4v) is 1.37. The second kappa shape index (κ2) is 5.66. The summed E-state index contributed by atoms with van der Waals surface area (Å²) in [7, 11) is 0. The van der Waals surface area contributed by atoms with E-state index in [1.54, 1.807) is 31.2 Å². The van der Waals surface area contributed by atoms with E-state index in [4.69, 9.17) is 16.3 Å². The van der Waals surface area contributed by atoms with Crippen LogP contribution >= 0.6 is 11.6 Å². The van der Waals surface area contributed by atoms with Crippen molar-refractivity contribution in [2.75, 3.05) is 0 Å². The quantitative estimate of drug-likeness (QED) is 0.600. The molecule has 1 atom stereocenters. The Balaban J connectivity index is 2.58. The zero-order valence-corrected chi connectivity index (χ0v) is 9.95. The summed E-state index contributed by atoms with van der Waals surface area (Å²) in [6.45, 7) is 3.11. The van der Waals surface area contributed by atoms with Gasteiger partial charge in [-0.25, -0.2) is 0 Å². The molecule has 1 aromatic rings. The molecule has 0 aliphatic rings. The first kappa shape index (κ1) is 12.7. The number of ketones is 1. The molecule has 0 aliphatic heterocycles. The molecule has 0 aliphatic carbocycles. The molecule has 0 amide bonds. The van der Waals surface area contributed by atoms with Crippen LogP contribution in [0.1, 0.15) is 31.9 Å². The van der Waals surface area contributed by atoms with Crippen LogP contribution in [-0.4, -0.2) is 11.8 Å². The molecule has 1 unspecified atom stereocenters. The zero-order chi connectivity index (χ0) is 12.1. The van der Waals surface area contributed by atoms with Crippen molar-refractivity contribution in [2.45, 2.75) is 26.4 Å². The standard InChI is InChI=1S/C12H13ClO3/c1-8(14)7-12(15)16-9(2)10-3-5-11(13)6-4-10/h3-6,9H,7H2,1-2H3. The van der Waals surface area contributed by atoms with Crippen molar-refractivity contribution in [1.82, 2.24) is 0 Å². The Morgan fingerprint density at radius 3 is 2.38 bits per heavy atom. The lowest BCUT2D eigenvalue weighted by Gasteiger charge is -2.13. The van der Waals surface area contributed by atoms with Crippen LogP contribution in [0.25, 0.3) is 0 Å². The summed E-state index contributed by atoms with van der Waals surface area (Å²) < 4.78 is 5.08. The van der Waals surface area contributed by atoms with Gasteiger partial charge in [-0.3, -0.25) is 9.59 Å². The van der Waals surface area contributed by atoms with E-state index in [0.717, 1.165) is 5.56 Å². The molecular formula is C12H13ClO3. The molecule has 86 valence electrons. The van der Waals surface area contributed by atoms with E-state index in [1.807, 2.05) is 0 Å². The topological polar surface area (TPSA) is 43.4 Å². The minimum absolute atomic E-state index is 0.183. The number of ether oxygens (including phenoxy) is 1. The highest BCUT2D eigenvalue weighted by atomic mass is 35.5. The molecular weight excluding hydrogens is 228 g/mol. The first-order valence-electron chi connectivity index (χ1n) is 4.93. The highest BCUT2D eigenvalue weighted by Gasteiger charge is 2.12. The van der Waals surface area contributed by atoms with Gasteiger partial charge in [-0.1, -0.05) is 23.7 Å². The molecule has 0 spiro atoms. The number of hydrogen-bond acceptors (Lipinski definition) is 3. The van der Waals surface area contributed by atoms with Gasteiger partial charge in [0.1, 0.15) is 18.3 Å². The molecule has 0 saturated carbocycles. The molecule has 0 fully saturated rings. The van der Waals surface area contributed by atoms with Crippen molar-refractivity contribution in [3.05, 3.63) is 34.9 Å². The van der Waals surface area contributed by atoms with Gasteiger partial charge in [-0.15, -0.1) is 0 Å². The monoisotopic (exact) mass is 240 g/mol. The highest BCUT2D eigenvalue weighted by molar-refractivity contribution is 6.30. The van der Waals surface area contributed by atoms with E-state index < -0.39 is 5.97 Å². The molecule has 0 bridgehead atoms. The third-order valence-electron chi connectivity index (χ3n) is 2.04. The minimum Gasteiger partial charge on any atom is -0.457 e. The number of rotatable bonds is 4. The van der Waals surface area contributed by atoms with Gasteiger partial charge in [0, 0.05) is 5.02 Å². The van der Waals surface area contributed by atoms with Crippen molar-refractivity contribution in [1.29, 1.82) is 0 Å². The Hall–Kier alpha value is -1.35. The molecule has 0 N–H and O–H groups in total. The van der Waals surface area contributed by atoms with Gasteiger partial charge >= 0.3 is 5.97 Å². The van der Waals surface area contributed by atoms with Crippen molar-refractivity contribution >= 4 is 23.4 Å². The van der Waals surface area contributed by atoms with Crippen molar-refractivity contribution < 1.29 is 14.3 Å². The smallest absolute Gasteiger partial charge is 0.313 e. The average molecular weight is 241 g/mol. The van der Waals surface area contributed by atoms with E-state index >= 15 is 0 Å². The molecule has 1 rings (SSSR count). The Morgan fingerprint density at radius 1 is 1.31 bits per heavy atom. The largest absolute Gasteiger partial charge is 0.457 e. The number of carbonyl (C=O) groups is 2. The first-order chi connectivity index (χ1) is 7.49. The normalized spacial score (nSPS) is 11.9. The fourth-order valence-electron chi connectivity index (χ4n) is 1.24. The van der Waals surface area contributed by atoms with Crippen molar-refractivity contribution in [3.63, 3.8) is 0 Å². The second-order valence-electron chi connectivity index (χ2n) is 3.56. The molecule has 1 aromatic carbocycles. The summed E-state index contributed by atoms with van der Waals surface area (Å²) in [5.74, 6) is -0.705. The number of Topliss-reactive ketones (excluding diaryl/α,β-unsaturated/α-hetero) is 1. The highest BCUT2D eigenvalue weighted by Crippen LogP contribution is 2.19. The van der Waals surface area contributed by atoms with E-state index in [9.17, 15) is 9.59 Å². The van der Waals surface area contributed by atoms with Crippen LogP contribution in [-0.2, 0) is 14.3 Å². The van der Waals surface area contributed by atoms with Gasteiger partial charge < -0.3 is 4.74 Å². The van der Waals surface area contributed by atoms with Crippen LogP contribution in [0.5, 0.6) is 0 Å². The molecule has 0 radical (unpaired) electrons. The fraction of sp³-hybridized carbons (Fsp3) is 0.333. The number of hydrogen-bond donors (Lipinski definition) is 0. The predicted molar refractivity (Wildman–Crippen MR) is 61.3 cm³/mol. The van der Waals surface area contributed by atoms with Crippen LogP contribution in [0.15, 0.2) is 24.3 Å². The Labute approximate surface area is 99.4 Å². The lowest BCUT2D eigenvalue weighted by molar-refractivity contribution is -0.150. The average Bonchev–Trinajstić information content (AvgIpc) is 2.16. The molecule has 0 heterocycles. The predicted octanol–water partition coefficient (Wildman–Crippen LogP) is 2.92. The third-order valence-corrected chi connectivity index (χ3v) is 2.29. The Kier molecular flexibility index (Phi) is 4.50. The molecule has 0 aromatic heterocycles. The number of halogens is 1. The van der Waals surface area contributed by atoms with Gasteiger partial charge in [0.15, 0.2) is 0 Å². The van der Waals surface area contributed by atoms with E-state index in [-0.39, 0.29) is 18.3 Å². The lowest BCUT2D eigenvalue weighted by Crippen LogP contribution is -2.11. The number of benzene rings is 1. The summed E-state index contributed by atoms with van der Waals surface area (Å²) in [6, 6.07) is 7.03. The maximum absolute atomic E-state index is 11.2. The van der Waals surface area contributed by atoms with Crippen LogP contribution in [0.2, 0.25) is 5.02 Å². The molecule has 0 saturated heterocycles. The summed E-state index contributed by atoms with van der Waals surface area (Å²) in [6.07, 6.45) is -0.554. The van der Waals surface area contributed by atoms with Crippen LogP contribution < -0.4 is 0 Å². The summed E-state index contributed by atoms with van der Waals surface area (Å²) >= 11 is 5.74. The van der Waals surface area contributed by atoms with Crippen LogP contribution in [0.4, 0.5) is 0 Å². The van der Waals surface area contributed by atoms with Crippen molar-refractivity contribution in [2.24, 2.45) is 0 Å². The summed E-state index contributed by atoms with van der Waals surface area (Å²) in [4.78, 5) is 21.9. The van der Waals surface area contributed by atoms with E-state index in [1.165, 1.54) is 6.92 Å². The Bertz CT molecular complexity index is 384. The minimum atomic E-state index is -0.505. The SMILES string of the molecule is CC(=O)CC(=O)OC(C)c1ccc(Cl)cc1. The maximum atomic E-state index is 11.2. The maximum Gasteiger partial charge on any atom is 0.313 e. The van der Waals surface area contributed by atoms with Gasteiger partial charge in [-0.2, -0.15) is 0 Å². The third kappa shape index (κ3) is 4.03. The molecule has 3 nitrogen and oxygen atoms in total. The van der Waals surface area contributed by atoms with Gasteiger partial charge in [0.05, 0.1) is 0 Å². The molecule has 16 heavy (non-hydrogen) atoms.